The second-order valence-corrected chi connectivity index (χ2v) is 2.27. The molecule has 0 atom stereocenters. The first-order chi connectivity index (χ1) is 6.62. The summed E-state index contributed by atoms with van der Waals surface area (Å²) in [7, 11) is 0. The summed E-state index contributed by atoms with van der Waals surface area (Å²) < 4.78 is 0. The van der Waals surface area contributed by atoms with Gasteiger partial charge in [-0.25, -0.2) is 0 Å². The van der Waals surface area contributed by atoms with E-state index in [2.05, 4.69) is 20.6 Å². The van der Waals surface area contributed by atoms with Gasteiger partial charge in [-0.05, 0) is 13.8 Å². The van der Waals surface area contributed by atoms with Crippen LogP contribution in [-0.4, -0.2) is 43.7 Å². The van der Waals surface area contributed by atoms with E-state index in [0.29, 0.717) is 0 Å². The Morgan fingerprint density at radius 3 is 1.07 bits per heavy atom. The molecule has 0 unspecified atom stereocenters. The van der Waals surface area contributed by atoms with E-state index in [4.69, 9.17) is 20.8 Å². The molecule has 0 aromatic heterocycles. The average Bonchev–Trinajstić information content (AvgIpc) is 2.23. The van der Waals surface area contributed by atoms with Crippen molar-refractivity contribution in [3.63, 3.8) is 0 Å². The van der Waals surface area contributed by atoms with Crippen LogP contribution < -0.4 is 0 Å². The van der Waals surface area contributed by atoms with E-state index in [9.17, 15) is 0 Å². The normalized spacial score (nSPS) is 15.9. The molecule has 14 heavy (non-hydrogen) atoms. The molecule has 78 valence electrons. The molecule has 0 aromatic rings. The first-order valence-electron chi connectivity index (χ1n) is 3.44. The Morgan fingerprint density at radius 2 is 0.929 bits per heavy atom. The molecule has 0 radical (unpaired) electrons. The van der Waals surface area contributed by atoms with Gasteiger partial charge in [-0.2, -0.15) is 0 Å². The highest BCUT2D eigenvalue weighted by Gasteiger charge is 2.18. The molecule has 0 aliphatic rings. The average molecular weight is 202 g/mol. The summed E-state index contributed by atoms with van der Waals surface area (Å²) in [6.45, 7) is 2.62. The van der Waals surface area contributed by atoms with Crippen molar-refractivity contribution in [2.24, 2.45) is 20.6 Å². The molecule has 0 saturated carbocycles. The van der Waals surface area contributed by atoms with Gasteiger partial charge in [0, 0.05) is 0 Å². The van der Waals surface area contributed by atoms with Crippen molar-refractivity contribution < 1.29 is 20.8 Å². The fraction of sp³-hybridized carbons (Fsp3) is 0.333. The maximum absolute atomic E-state index is 8.54. The summed E-state index contributed by atoms with van der Waals surface area (Å²) in [4.78, 5) is 0. The molecule has 0 bridgehead atoms. The molecular weight excluding hydrogens is 192 g/mol. The summed E-state index contributed by atoms with van der Waals surface area (Å²) in [6, 6.07) is 0. The Balaban J connectivity index is 5.25. The van der Waals surface area contributed by atoms with Crippen molar-refractivity contribution in [2.75, 3.05) is 0 Å². The van der Waals surface area contributed by atoms with Gasteiger partial charge in [-0.15, -0.1) is 0 Å². The molecule has 0 aliphatic carbocycles. The zero-order valence-corrected chi connectivity index (χ0v) is 7.58. The van der Waals surface area contributed by atoms with E-state index < -0.39 is 0 Å². The standard InChI is InChI=1S/C6H10N4O4/c1-3(7-11)5(9-13)6(10-14)4(2)8-12/h11-14H,1-2H3/b7-3+,8-4+,9-5-,10-6-. The zero-order chi connectivity index (χ0) is 11.1. The Labute approximate surface area is 79.1 Å². The summed E-state index contributed by atoms with van der Waals surface area (Å²) in [5, 5.41) is 44.8. The van der Waals surface area contributed by atoms with E-state index >= 15 is 0 Å². The van der Waals surface area contributed by atoms with Gasteiger partial charge >= 0.3 is 0 Å². The smallest absolute Gasteiger partial charge is 0.158 e. The van der Waals surface area contributed by atoms with Crippen LogP contribution in [0.2, 0.25) is 0 Å². The predicted molar refractivity (Wildman–Crippen MR) is 48.2 cm³/mol. The van der Waals surface area contributed by atoms with Crippen LogP contribution in [0.25, 0.3) is 0 Å². The number of hydrogen-bond acceptors (Lipinski definition) is 8. The molecule has 8 nitrogen and oxygen atoms in total. The third kappa shape index (κ3) is 2.44. The second kappa shape index (κ2) is 5.51. The van der Waals surface area contributed by atoms with Crippen LogP contribution in [-0.2, 0) is 0 Å². The summed E-state index contributed by atoms with van der Waals surface area (Å²) in [5.41, 5.74) is -0.790. The minimum Gasteiger partial charge on any atom is -0.411 e. The summed E-state index contributed by atoms with van der Waals surface area (Å²) in [6.07, 6.45) is 0. The van der Waals surface area contributed by atoms with Crippen molar-refractivity contribution in [3.05, 3.63) is 0 Å². The molecule has 0 heterocycles. The van der Waals surface area contributed by atoms with Gasteiger partial charge in [0.25, 0.3) is 0 Å². The molecule has 4 N–H and O–H groups in total. The van der Waals surface area contributed by atoms with E-state index in [1.807, 2.05) is 0 Å². The molecule has 8 heteroatoms. The first-order valence-corrected chi connectivity index (χ1v) is 3.44. The van der Waals surface area contributed by atoms with Gasteiger partial charge in [0.1, 0.15) is 11.4 Å². The molecule has 0 rings (SSSR count). The van der Waals surface area contributed by atoms with Crippen LogP contribution in [0.15, 0.2) is 20.6 Å². The zero-order valence-electron chi connectivity index (χ0n) is 7.58. The van der Waals surface area contributed by atoms with Gasteiger partial charge in [0.2, 0.25) is 0 Å². The summed E-state index contributed by atoms with van der Waals surface area (Å²) >= 11 is 0. The van der Waals surface area contributed by atoms with Crippen LogP contribution in [0, 0.1) is 0 Å². The number of oxime groups is 4. The maximum Gasteiger partial charge on any atom is 0.158 e. The SMILES string of the molecule is CC(=N\O)/C(=N/O)C(=N\O)/C(C)=N/O. The van der Waals surface area contributed by atoms with Gasteiger partial charge in [-0.3, -0.25) is 0 Å². The highest BCUT2D eigenvalue weighted by Crippen LogP contribution is 1.93. The molecule has 0 aliphatic heterocycles. The van der Waals surface area contributed by atoms with E-state index in [1.54, 1.807) is 0 Å². The van der Waals surface area contributed by atoms with E-state index in [-0.39, 0.29) is 22.8 Å². The van der Waals surface area contributed by atoms with Crippen molar-refractivity contribution in [2.45, 2.75) is 13.8 Å². The topological polar surface area (TPSA) is 130 Å². The predicted octanol–water partition coefficient (Wildman–Crippen LogP) is 0.347. The Bertz CT molecular complexity index is 286. The van der Waals surface area contributed by atoms with Crippen molar-refractivity contribution in [1.82, 2.24) is 0 Å². The van der Waals surface area contributed by atoms with Gasteiger partial charge < -0.3 is 20.8 Å². The number of rotatable bonds is 3. The summed E-state index contributed by atoms with van der Waals surface area (Å²) in [5.74, 6) is 0. The molecule has 0 fully saturated rings. The van der Waals surface area contributed by atoms with E-state index in [0.717, 1.165) is 0 Å². The largest absolute Gasteiger partial charge is 0.411 e. The molecule has 0 saturated heterocycles. The molecule has 0 spiro atoms. The third-order valence-corrected chi connectivity index (χ3v) is 1.41. The highest BCUT2D eigenvalue weighted by molar-refractivity contribution is 6.82. The quantitative estimate of drug-likeness (QED) is 0.298. The third-order valence-electron chi connectivity index (χ3n) is 1.41. The lowest BCUT2D eigenvalue weighted by Crippen LogP contribution is -2.28. The van der Waals surface area contributed by atoms with Gasteiger partial charge in [0.05, 0.1) is 0 Å². The van der Waals surface area contributed by atoms with Gasteiger partial charge in [-0.1, -0.05) is 20.6 Å². The molecule has 0 aromatic carbocycles. The van der Waals surface area contributed by atoms with Crippen LogP contribution in [0.4, 0.5) is 0 Å². The van der Waals surface area contributed by atoms with Crippen molar-refractivity contribution in [3.8, 4) is 0 Å². The lowest BCUT2D eigenvalue weighted by Gasteiger charge is -2.02. The number of hydrogen-bond donors (Lipinski definition) is 4. The second-order valence-electron chi connectivity index (χ2n) is 2.27. The van der Waals surface area contributed by atoms with Crippen LogP contribution in [0.5, 0.6) is 0 Å². The lowest BCUT2D eigenvalue weighted by molar-refractivity contribution is 0.310. The maximum atomic E-state index is 8.54. The Hall–Kier alpha value is -2.12. The monoisotopic (exact) mass is 202 g/mol. The van der Waals surface area contributed by atoms with Crippen molar-refractivity contribution >= 4 is 22.8 Å². The Kier molecular flexibility index (Phi) is 4.68. The number of nitrogens with zero attached hydrogens (tertiary/aromatic N) is 4. The van der Waals surface area contributed by atoms with Crippen LogP contribution in [0.3, 0.4) is 0 Å². The van der Waals surface area contributed by atoms with Crippen LogP contribution >= 0.6 is 0 Å². The first kappa shape index (κ1) is 11.9. The minimum absolute atomic E-state index is 0.0942. The Morgan fingerprint density at radius 1 is 0.643 bits per heavy atom. The molecule has 0 amide bonds. The highest BCUT2D eigenvalue weighted by atomic mass is 16.4. The lowest BCUT2D eigenvalue weighted by atomic mass is 10.1. The van der Waals surface area contributed by atoms with Crippen molar-refractivity contribution in [1.29, 1.82) is 0 Å². The fourth-order valence-electron chi connectivity index (χ4n) is 0.677. The fourth-order valence-corrected chi connectivity index (χ4v) is 0.677. The van der Waals surface area contributed by atoms with Crippen LogP contribution in [0.1, 0.15) is 13.8 Å². The molecular formula is C6H10N4O4. The van der Waals surface area contributed by atoms with Gasteiger partial charge in [0.15, 0.2) is 11.4 Å². The van der Waals surface area contributed by atoms with E-state index in [1.165, 1.54) is 13.8 Å². The minimum atomic E-state index is -0.301.